The molecule has 0 aliphatic heterocycles. The molecule has 0 saturated heterocycles. The zero-order valence-electron chi connectivity index (χ0n) is 11.3. The lowest BCUT2D eigenvalue weighted by Crippen LogP contribution is -2.13. The van der Waals surface area contributed by atoms with Crippen molar-refractivity contribution in [1.29, 1.82) is 0 Å². The lowest BCUT2D eigenvalue weighted by Gasteiger charge is -2.11. The fourth-order valence-corrected chi connectivity index (χ4v) is 4.18. The molecule has 0 aliphatic rings. The number of hydrogen-bond acceptors (Lipinski definition) is 4. The molecule has 4 nitrogen and oxygen atoms in total. The van der Waals surface area contributed by atoms with Crippen LogP contribution in [0.1, 0.15) is 23.8 Å². The second-order valence-electron chi connectivity index (χ2n) is 4.47. The third-order valence-electron chi connectivity index (χ3n) is 2.92. The van der Waals surface area contributed by atoms with Crippen LogP contribution in [0, 0.1) is 0 Å². The van der Waals surface area contributed by atoms with Gasteiger partial charge in [-0.15, -0.1) is 11.3 Å². The van der Waals surface area contributed by atoms with Gasteiger partial charge in [0.1, 0.15) is 0 Å². The Labute approximate surface area is 123 Å². The highest BCUT2D eigenvalue weighted by Crippen LogP contribution is 2.24. The van der Waals surface area contributed by atoms with Gasteiger partial charge < -0.3 is 5.73 Å². The second kappa shape index (κ2) is 6.39. The Morgan fingerprint density at radius 3 is 2.70 bits per heavy atom. The summed E-state index contributed by atoms with van der Waals surface area (Å²) in [4.78, 5) is 1.13. The van der Waals surface area contributed by atoms with E-state index in [-0.39, 0.29) is 4.90 Å². The molecule has 0 spiro atoms. The van der Waals surface area contributed by atoms with Crippen molar-refractivity contribution in [2.75, 3.05) is 4.72 Å². The first-order valence-electron chi connectivity index (χ1n) is 6.45. The van der Waals surface area contributed by atoms with Gasteiger partial charge in [0.05, 0.1) is 10.6 Å². The number of benzene rings is 1. The molecular formula is C14H18N2O2S2. The molecule has 2 rings (SSSR count). The summed E-state index contributed by atoms with van der Waals surface area (Å²) in [5.74, 6) is 0. The number of aryl methyl sites for hydroxylation is 1. The average Bonchev–Trinajstić information content (AvgIpc) is 2.91. The van der Waals surface area contributed by atoms with Crippen LogP contribution in [-0.4, -0.2) is 8.42 Å². The molecule has 2 aromatic rings. The van der Waals surface area contributed by atoms with Gasteiger partial charge in [-0.3, -0.25) is 4.72 Å². The van der Waals surface area contributed by atoms with Crippen molar-refractivity contribution < 1.29 is 8.42 Å². The van der Waals surface area contributed by atoms with Crippen LogP contribution in [0.5, 0.6) is 0 Å². The Kier molecular flexibility index (Phi) is 4.80. The molecule has 1 aromatic carbocycles. The van der Waals surface area contributed by atoms with Crippen LogP contribution >= 0.6 is 11.3 Å². The van der Waals surface area contributed by atoms with Gasteiger partial charge in [-0.2, -0.15) is 0 Å². The molecule has 20 heavy (non-hydrogen) atoms. The van der Waals surface area contributed by atoms with E-state index in [1.54, 1.807) is 17.5 Å². The Morgan fingerprint density at radius 2 is 2.05 bits per heavy atom. The van der Waals surface area contributed by atoms with E-state index in [1.807, 2.05) is 18.2 Å². The summed E-state index contributed by atoms with van der Waals surface area (Å²) in [6.45, 7) is 2.42. The van der Waals surface area contributed by atoms with Gasteiger partial charge in [-0.25, -0.2) is 8.42 Å². The van der Waals surface area contributed by atoms with Gasteiger partial charge in [-0.1, -0.05) is 31.5 Å². The number of hydrogen-bond donors (Lipinski definition) is 2. The summed E-state index contributed by atoms with van der Waals surface area (Å²) in [6, 6.07) is 9.10. The van der Waals surface area contributed by atoms with Crippen molar-refractivity contribution >= 4 is 27.0 Å². The van der Waals surface area contributed by atoms with E-state index >= 15 is 0 Å². The quantitative estimate of drug-likeness (QED) is 0.861. The van der Waals surface area contributed by atoms with E-state index in [4.69, 9.17) is 5.73 Å². The highest BCUT2D eigenvalue weighted by molar-refractivity contribution is 7.92. The lowest BCUT2D eigenvalue weighted by molar-refractivity contribution is 0.601. The molecule has 0 bridgehead atoms. The lowest BCUT2D eigenvalue weighted by atomic mass is 10.1. The first-order valence-corrected chi connectivity index (χ1v) is 8.81. The van der Waals surface area contributed by atoms with Crippen LogP contribution < -0.4 is 10.5 Å². The van der Waals surface area contributed by atoms with Crippen molar-refractivity contribution in [2.24, 2.45) is 5.73 Å². The van der Waals surface area contributed by atoms with Gasteiger partial charge in [-0.05, 0) is 24.1 Å². The summed E-state index contributed by atoms with van der Waals surface area (Å²) < 4.78 is 27.3. The number of nitrogens with two attached hydrogens (primary N) is 1. The molecule has 0 unspecified atom stereocenters. The number of rotatable bonds is 6. The van der Waals surface area contributed by atoms with E-state index in [0.717, 1.165) is 23.3 Å². The minimum atomic E-state index is -3.54. The summed E-state index contributed by atoms with van der Waals surface area (Å²) in [5, 5.41) is 1.62. The molecule has 108 valence electrons. The predicted octanol–water partition coefficient (Wildman–Crippen LogP) is 2.96. The smallest absolute Gasteiger partial charge is 0.262 e. The van der Waals surface area contributed by atoms with Gasteiger partial charge in [0.15, 0.2) is 0 Å². The van der Waals surface area contributed by atoms with Crippen LogP contribution in [0.3, 0.4) is 0 Å². The van der Waals surface area contributed by atoms with Crippen LogP contribution in [-0.2, 0) is 23.0 Å². The van der Waals surface area contributed by atoms with Crippen LogP contribution in [0.15, 0.2) is 40.6 Å². The van der Waals surface area contributed by atoms with E-state index < -0.39 is 10.0 Å². The number of anilines is 1. The first kappa shape index (κ1) is 15.0. The second-order valence-corrected chi connectivity index (χ2v) is 7.14. The molecule has 6 heteroatoms. The maximum absolute atomic E-state index is 12.3. The number of para-hydroxylation sites is 1. The van der Waals surface area contributed by atoms with E-state index in [1.165, 1.54) is 11.3 Å². The molecule has 0 amide bonds. The summed E-state index contributed by atoms with van der Waals surface area (Å²) in [7, 11) is -3.54. The van der Waals surface area contributed by atoms with E-state index in [2.05, 4.69) is 11.6 Å². The largest absolute Gasteiger partial charge is 0.326 e. The third kappa shape index (κ3) is 3.39. The maximum Gasteiger partial charge on any atom is 0.262 e. The SMILES string of the molecule is CCCc1ccccc1NS(=O)(=O)c1csc(CN)c1. The molecule has 0 atom stereocenters. The van der Waals surface area contributed by atoms with Crippen molar-refractivity contribution in [1.82, 2.24) is 0 Å². The summed E-state index contributed by atoms with van der Waals surface area (Å²) in [6.07, 6.45) is 1.81. The Balaban J connectivity index is 2.28. The zero-order valence-corrected chi connectivity index (χ0v) is 12.9. The van der Waals surface area contributed by atoms with E-state index in [9.17, 15) is 8.42 Å². The number of nitrogens with one attached hydrogen (secondary N) is 1. The number of sulfonamides is 1. The average molecular weight is 310 g/mol. The summed E-state index contributed by atoms with van der Waals surface area (Å²) >= 11 is 1.36. The van der Waals surface area contributed by atoms with Crippen LogP contribution in [0.25, 0.3) is 0 Å². The zero-order chi connectivity index (χ0) is 14.6. The van der Waals surface area contributed by atoms with Crippen molar-refractivity contribution in [3.05, 3.63) is 46.2 Å². The Morgan fingerprint density at radius 1 is 1.30 bits per heavy atom. The minimum Gasteiger partial charge on any atom is -0.326 e. The highest BCUT2D eigenvalue weighted by atomic mass is 32.2. The standard InChI is InChI=1S/C14H18N2O2S2/c1-2-5-11-6-3-4-7-14(11)16-20(17,18)13-8-12(9-15)19-10-13/h3-4,6-8,10,16H,2,5,9,15H2,1H3. The fourth-order valence-electron chi connectivity index (χ4n) is 1.92. The van der Waals surface area contributed by atoms with Gasteiger partial charge in [0.25, 0.3) is 10.0 Å². The van der Waals surface area contributed by atoms with Crippen molar-refractivity contribution in [3.63, 3.8) is 0 Å². The molecule has 0 saturated carbocycles. The highest BCUT2D eigenvalue weighted by Gasteiger charge is 2.17. The molecule has 0 radical (unpaired) electrons. The Bertz CT molecular complexity index is 678. The van der Waals surface area contributed by atoms with Gasteiger partial charge in [0, 0.05) is 16.8 Å². The molecule has 1 heterocycles. The molecular weight excluding hydrogens is 292 g/mol. The first-order chi connectivity index (χ1) is 9.56. The van der Waals surface area contributed by atoms with Crippen LogP contribution in [0.4, 0.5) is 5.69 Å². The summed E-state index contributed by atoms with van der Waals surface area (Å²) in [5.41, 5.74) is 7.17. The van der Waals surface area contributed by atoms with Gasteiger partial charge in [0.2, 0.25) is 0 Å². The third-order valence-corrected chi connectivity index (χ3v) is 5.38. The molecule has 3 N–H and O–H groups in total. The normalized spacial score (nSPS) is 11.5. The molecule has 0 fully saturated rings. The topological polar surface area (TPSA) is 72.2 Å². The van der Waals surface area contributed by atoms with Crippen molar-refractivity contribution in [2.45, 2.75) is 31.2 Å². The monoisotopic (exact) mass is 310 g/mol. The molecule has 1 aromatic heterocycles. The Hall–Kier alpha value is -1.37. The van der Waals surface area contributed by atoms with Gasteiger partial charge >= 0.3 is 0 Å². The maximum atomic E-state index is 12.3. The van der Waals surface area contributed by atoms with Crippen LogP contribution in [0.2, 0.25) is 0 Å². The predicted molar refractivity (Wildman–Crippen MR) is 83.5 cm³/mol. The fraction of sp³-hybridized carbons (Fsp3) is 0.286. The number of thiophene rings is 1. The minimum absolute atomic E-state index is 0.272. The van der Waals surface area contributed by atoms with Crippen molar-refractivity contribution in [3.8, 4) is 0 Å². The molecule has 0 aliphatic carbocycles. The van der Waals surface area contributed by atoms with E-state index in [0.29, 0.717) is 12.2 Å².